The Hall–Kier alpha value is -1.34. The van der Waals surface area contributed by atoms with Crippen molar-refractivity contribution in [2.24, 2.45) is 0 Å². The molecule has 6 atom stereocenters. The van der Waals surface area contributed by atoms with E-state index in [-0.39, 0.29) is 24.4 Å². The molecule has 152 valence electrons. The molecule has 6 heteroatoms. The van der Waals surface area contributed by atoms with Crippen molar-refractivity contribution in [3.8, 4) is 11.5 Å². The van der Waals surface area contributed by atoms with E-state index in [0.717, 1.165) is 36.4 Å². The number of likely N-dealkylation sites (N-methyl/N-ethyl adjacent to an activating group) is 1. The van der Waals surface area contributed by atoms with E-state index in [1.165, 1.54) is 5.56 Å². The second-order valence-corrected chi connectivity index (χ2v) is 9.43. The number of ether oxygens (including phenoxy) is 4. The summed E-state index contributed by atoms with van der Waals surface area (Å²) in [5.41, 5.74) is 1.02. The molecule has 6 nitrogen and oxygen atoms in total. The molecule has 3 heterocycles. The molecule has 28 heavy (non-hydrogen) atoms. The van der Waals surface area contributed by atoms with Gasteiger partial charge in [-0.3, -0.25) is 0 Å². The van der Waals surface area contributed by atoms with E-state index < -0.39 is 16.8 Å². The zero-order valence-electron chi connectivity index (χ0n) is 17.0. The smallest absolute Gasteiger partial charge is 0.207 e. The molecule has 1 saturated carbocycles. The van der Waals surface area contributed by atoms with Gasteiger partial charge in [0.15, 0.2) is 17.6 Å². The molecule has 6 rings (SSSR count). The van der Waals surface area contributed by atoms with E-state index in [9.17, 15) is 5.11 Å². The first-order valence-electron chi connectivity index (χ1n) is 10.5. The van der Waals surface area contributed by atoms with Gasteiger partial charge in [0.2, 0.25) is 5.79 Å². The molecule has 2 saturated heterocycles. The lowest BCUT2D eigenvalue weighted by Crippen LogP contribution is -2.79. The lowest BCUT2D eigenvalue weighted by Gasteiger charge is -2.64. The number of fused-ring (bicyclic) bond motifs is 1. The number of aliphatic hydroxyl groups is 1. The summed E-state index contributed by atoms with van der Waals surface area (Å²) in [6.07, 6.45) is 2.58. The van der Waals surface area contributed by atoms with E-state index in [1.807, 2.05) is 6.07 Å². The Balaban J connectivity index is 1.62. The quantitative estimate of drug-likeness (QED) is 0.795. The lowest BCUT2D eigenvalue weighted by atomic mass is 9.48. The second-order valence-electron chi connectivity index (χ2n) is 9.43. The van der Waals surface area contributed by atoms with E-state index >= 15 is 0 Å². The fourth-order valence-corrected chi connectivity index (χ4v) is 6.95. The van der Waals surface area contributed by atoms with Crippen LogP contribution in [0, 0.1) is 0 Å². The minimum absolute atomic E-state index is 0.00178. The van der Waals surface area contributed by atoms with Gasteiger partial charge in [0, 0.05) is 18.0 Å². The van der Waals surface area contributed by atoms with Gasteiger partial charge in [0.05, 0.1) is 30.3 Å². The predicted molar refractivity (Wildman–Crippen MR) is 102 cm³/mol. The van der Waals surface area contributed by atoms with Gasteiger partial charge in [-0.05, 0) is 58.3 Å². The van der Waals surface area contributed by atoms with Crippen LogP contribution in [0.1, 0.15) is 44.2 Å². The summed E-state index contributed by atoms with van der Waals surface area (Å²) in [7, 11) is 3.81. The molecule has 2 spiro atoms. The van der Waals surface area contributed by atoms with Crippen LogP contribution in [0.4, 0.5) is 0 Å². The Bertz CT molecular complexity index is 848. The Kier molecular flexibility index (Phi) is 3.27. The van der Waals surface area contributed by atoms with E-state index in [2.05, 4.69) is 31.9 Å². The number of nitrogens with zero attached hydrogens (tertiary/aromatic N) is 1. The predicted octanol–water partition coefficient (Wildman–Crippen LogP) is 2.00. The van der Waals surface area contributed by atoms with Crippen molar-refractivity contribution in [2.45, 2.75) is 80.7 Å². The maximum absolute atomic E-state index is 12.2. The fourth-order valence-electron chi connectivity index (χ4n) is 6.95. The summed E-state index contributed by atoms with van der Waals surface area (Å²) in [5.74, 6) is 0.702. The number of piperidine rings is 1. The van der Waals surface area contributed by atoms with Crippen molar-refractivity contribution in [1.82, 2.24) is 4.90 Å². The second kappa shape index (κ2) is 5.22. The zero-order valence-corrected chi connectivity index (χ0v) is 17.0. The van der Waals surface area contributed by atoms with Crippen LogP contribution in [0.25, 0.3) is 0 Å². The molecule has 5 aliphatic rings. The van der Waals surface area contributed by atoms with Gasteiger partial charge in [-0.2, -0.15) is 0 Å². The first-order valence-corrected chi connectivity index (χ1v) is 10.5. The molecule has 3 unspecified atom stereocenters. The minimum atomic E-state index is -0.859. The van der Waals surface area contributed by atoms with Crippen LogP contribution >= 0.6 is 0 Å². The first kappa shape index (κ1) is 17.5. The SMILES string of the molecule is COc1ccc2c3c1O[C@H]1C4(CCC5(O)[C@@H](C2)N(C)CC[C@]315)OC(C)C(C)O4. The summed E-state index contributed by atoms with van der Waals surface area (Å²) in [6, 6.07) is 4.23. The molecule has 0 amide bonds. The third kappa shape index (κ3) is 1.72. The highest BCUT2D eigenvalue weighted by molar-refractivity contribution is 5.63. The normalized spacial score (nSPS) is 48.5. The molecule has 1 N–H and O–H groups in total. The number of likely N-dealkylation sites (tertiary alicyclic amines) is 1. The van der Waals surface area contributed by atoms with Crippen LogP contribution in [0.5, 0.6) is 11.5 Å². The standard InChI is InChI=1S/C22H29NO5/c1-12-13(2)28-22(27-12)8-7-21(24)16-11-14-5-6-15(25-4)18-17(14)20(21,19(22)26-18)9-10-23(16)3/h5-6,12-13,16,19,24H,7-11H2,1-4H3/t12?,13?,16-,19-,20+,21?,22?/m1/s1. The topological polar surface area (TPSA) is 60.4 Å². The average molecular weight is 387 g/mol. The average Bonchev–Trinajstić information content (AvgIpc) is 3.17. The van der Waals surface area contributed by atoms with Gasteiger partial charge in [0.1, 0.15) is 0 Å². The third-order valence-electron chi connectivity index (χ3n) is 8.37. The monoisotopic (exact) mass is 387 g/mol. The maximum atomic E-state index is 12.2. The van der Waals surface area contributed by atoms with Gasteiger partial charge >= 0.3 is 0 Å². The van der Waals surface area contributed by atoms with Crippen molar-refractivity contribution in [1.29, 1.82) is 0 Å². The van der Waals surface area contributed by atoms with Crippen molar-refractivity contribution in [3.63, 3.8) is 0 Å². The summed E-state index contributed by atoms with van der Waals surface area (Å²) < 4.78 is 25.3. The molecular formula is C22H29NO5. The summed E-state index contributed by atoms with van der Waals surface area (Å²) in [6.45, 7) is 5.04. The summed E-state index contributed by atoms with van der Waals surface area (Å²) >= 11 is 0. The number of hydrogen-bond acceptors (Lipinski definition) is 6. The van der Waals surface area contributed by atoms with Crippen LogP contribution in [-0.2, 0) is 21.3 Å². The Labute approximate surface area is 165 Å². The number of benzene rings is 1. The van der Waals surface area contributed by atoms with Crippen LogP contribution in [0.2, 0.25) is 0 Å². The van der Waals surface area contributed by atoms with Crippen molar-refractivity contribution >= 4 is 0 Å². The van der Waals surface area contributed by atoms with Crippen LogP contribution in [0.15, 0.2) is 12.1 Å². The van der Waals surface area contributed by atoms with Crippen molar-refractivity contribution in [3.05, 3.63) is 23.3 Å². The summed E-state index contributed by atoms with van der Waals surface area (Å²) in [5, 5.41) is 12.2. The number of methoxy groups -OCH3 is 1. The van der Waals surface area contributed by atoms with Crippen LogP contribution < -0.4 is 9.47 Å². The highest BCUT2D eigenvalue weighted by atomic mass is 16.8. The summed E-state index contributed by atoms with van der Waals surface area (Å²) in [4.78, 5) is 2.33. The van der Waals surface area contributed by atoms with E-state index in [4.69, 9.17) is 18.9 Å². The minimum Gasteiger partial charge on any atom is -0.493 e. The van der Waals surface area contributed by atoms with E-state index in [1.54, 1.807) is 7.11 Å². The largest absolute Gasteiger partial charge is 0.493 e. The first-order chi connectivity index (χ1) is 13.4. The molecule has 3 aliphatic heterocycles. The van der Waals surface area contributed by atoms with Gasteiger partial charge in [-0.25, -0.2) is 0 Å². The molecule has 3 fully saturated rings. The fraction of sp³-hybridized carbons (Fsp3) is 0.727. The molecule has 0 radical (unpaired) electrons. The molecule has 0 aromatic heterocycles. The molecule has 2 aliphatic carbocycles. The Morgan fingerprint density at radius 1 is 1.14 bits per heavy atom. The van der Waals surface area contributed by atoms with Crippen LogP contribution in [0.3, 0.4) is 0 Å². The van der Waals surface area contributed by atoms with Crippen LogP contribution in [-0.4, -0.2) is 66.5 Å². The molecule has 1 aromatic carbocycles. The van der Waals surface area contributed by atoms with E-state index in [0.29, 0.717) is 12.8 Å². The van der Waals surface area contributed by atoms with Gasteiger partial charge < -0.3 is 29.0 Å². The zero-order chi connectivity index (χ0) is 19.5. The van der Waals surface area contributed by atoms with Crippen molar-refractivity contribution in [2.75, 3.05) is 20.7 Å². The third-order valence-corrected chi connectivity index (χ3v) is 8.37. The van der Waals surface area contributed by atoms with Gasteiger partial charge in [0.25, 0.3) is 0 Å². The molecule has 2 bridgehead atoms. The Morgan fingerprint density at radius 3 is 2.61 bits per heavy atom. The highest BCUT2D eigenvalue weighted by Gasteiger charge is 2.77. The van der Waals surface area contributed by atoms with Gasteiger partial charge in [-0.15, -0.1) is 0 Å². The number of rotatable bonds is 1. The highest BCUT2D eigenvalue weighted by Crippen LogP contribution is 2.68. The van der Waals surface area contributed by atoms with Crippen molar-refractivity contribution < 1.29 is 24.1 Å². The maximum Gasteiger partial charge on any atom is 0.207 e. The number of hydrogen-bond donors (Lipinski definition) is 1. The lowest BCUT2D eigenvalue weighted by molar-refractivity contribution is -0.302. The Morgan fingerprint density at radius 2 is 1.89 bits per heavy atom. The van der Waals surface area contributed by atoms with Gasteiger partial charge in [-0.1, -0.05) is 6.07 Å². The molecular weight excluding hydrogens is 358 g/mol. The molecule has 1 aromatic rings.